The van der Waals surface area contributed by atoms with Gasteiger partial charge in [-0.05, 0) is 68.5 Å². The molecule has 0 bridgehead atoms. The summed E-state index contributed by atoms with van der Waals surface area (Å²) in [5.74, 6) is 1.39. The third kappa shape index (κ3) is 5.09. The highest BCUT2D eigenvalue weighted by Gasteiger charge is 2.12. The SMILES string of the molecule is CC(Cc1ccc(OC(C)(C)C)cc1)c1ccc(Cl)cc1. The lowest BCUT2D eigenvalue weighted by Crippen LogP contribution is -2.22. The van der Waals surface area contributed by atoms with Crippen molar-refractivity contribution in [3.8, 4) is 5.75 Å². The van der Waals surface area contributed by atoms with Crippen LogP contribution in [0.5, 0.6) is 5.75 Å². The molecule has 0 aliphatic heterocycles. The highest BCUT2D eigenvalue weighted by molar-refractivity contribution is 6.30. The molecule has 2 rings (SSSR count). The molecule has 2 aromatic carbocycles. The van der Waals surface area contributed by atoms with Crippen LogP contribution >= 0.6 is 11.6 Å². The summed E-state index contributed by atoms with van der Waals surface area (Å²) in [5, 5.41) is 0.787. The molecule has 0 spiro atoms. The van der Waals surface area contributed by atoms with E-state index in [2.05, 4.69) is 64.1 Å². The molecule has 0 aromatic heterocycles. The van der Waals surface area contributed by atoms with E-state index in [0.29, 0.717) is 5.92 Å². The number of hydrogen-bond acceptors (Lipinski definition) is 1. The van der Waals surface area contributed by atoms with Crippen molar-refractivity contribution in [2.24, 2.45) is 0 Å². The Labute approximate surface area is 132 Å². The molecule has 0 heterocycles. The number of ether oxygens (including phenoxy) is 1. The fourth-order valence-corrected chi connectivity index (χ4v) is 2.44. The van der Waals surface area contributed by atoms with Crippen LogP contribution in [-0.4, -0.2) is 5.60 Å². The summed E-state index contributed by atoms with van der Waals surface area (Å²) in [5.41, 5.74) is 2.48. The maximum Gasteiger partial charge on any atom is 0.120 e. The van der Waals surface area contributed by atoms with Crippen molar-refractivity contribution in [1.82, 2.24) is 0 Å². The average Bonchev–Trinajstić information content (AvgIpc) is 2.40. The van der Waals surface area contributed by atoms with Gasteiger partial charge >= 0.3 is 0 Å². The summed E-state index contributed by atoms with van der Waals surface area (Å²) in [4.78, 5) is 0. The average molecular weight is 303 g/mol. The van der Waals surface area contributed by atoms with Crippen LogP contribution in [-0.2, 0) is 6.42 Å². The van der Waals surface area contributed by atoms with Gasteiger partial charge in [0.1, 0.15) is 11.4 Å². The first-order chi connectivity index (χ1) is 9.83. The molecule has 112 valence electrons. The third-order valence-electron chi connectivity index (χ3n) is 3.33. The molecule has 1 nitrogen and oxygen atoms in total. The zero-order valence-corrected chi connectivity index (χ0v) is 13.9. The smallest absolute Gasteiger partial charge is 0.120 e. The zero-order valence-electron chi connectivity index (χ0n) is 13.2. The third-order valence-corrected chi connectivity index (χ3v) is 3.58. The Morgan fingerprint density at radius 3 is 2.05 bits per heavy atom. The monoisotopic (exact) mass is 302 g/mol. The number of rotatable bonds is 4. The number of halogens is 1. The highest BCUT2D eigenvalue weighted by atomic mass is 35.5. The molecule has 0 fully saturated rings. The Morgan fingerprint density at radius 2 is 1.52 bits per heavy atom. The first kappa shape index (κ1) is 15.9. The minimum Gasteiger partial charge on any atom is -0.488 e. The van der Waals surface area contributed by atoms with Gasteiger partial charge in [0.15, 0.2) is 0 Å². The van der Waals surface area contributed by atoms with E-state index in [-0.39, 0.29) is 5.60 Å². The lowest BCUT2D eigenvalue weighted by atomic mass is 9.94. The molecule has 2 aromatic rings. The van der Waals surface area contributed by atoms with E-state index in [9.17, 15) is 0 Å². The zero-order chi connectivity index (χ0) is 15.5. The Morgan fingerprint density at radius 1 is 0.952 bits per heavy atom. The van der Waals surface area contributed by atoms with Crippen LogP contribution in [0.25, 0.3) is 0 Å². The lowest BCUT2D eigenvalue weighted by molar-refractivity contribution is 0.131. The van der Waals surface area contributed by atoms with Gasteiger partial charge < -0.3 is 4.74 Å². The lowest BCUT2D eigenvalue weighted by Gasteiger charge is -2.21. The summed E-state index contributed by atoms with van der Waals surface area (Å²) in [6.07, 6.45) is 1.01. The summed E-state index contributed by atoms with van der Waals surface area (Å²) >= 11 is 5.93. The van der Waals surface area contributed by atoms with Crippen LogP contribution < -0.4 is 4.74 Å². The van der Waals surface area contributed by atoms with E-state index >= 15 is 0 Å². The van der Waals surface area contributed by atoms with E-state index in [1.807, 2.05) is 12.1 Å². The first-order valence-corrected chi connectivity index (χ1v) is 7.75. The van der Waals surface area contributed by atoms with E-state index in [1.54, 1.807) is 0 Å². The molecule has 2 heteroatoms. The van der Waals surface area contributed by atoms with Crippen LogP contribution in [0.15, 0.2) is 48.5 Å². The van der Waals surface area contributed by atoms with E-state index in [1.165, 1.54) is 11.1 Å². The molecule has 0 amide bonds. The molecule has 0 N–H and O–H groups in total. The van der Waals surface area contributed by atoms with Crippen molar-refractivity contribution in [3.63, 3.8) is 0 Å². The van der Waals surface area contributed by atoms with Gasteiger partial charge in [0, 0.05) is 5.02 Å². The largest absolute Gasteiger partial charge is 0.488 e. The Kier molecular flexibility index (Phi) is 4.95. The molecule has 1 atom stereocenters. The van der Waals surface area contributed by atoms with Gasteiger partial charge in [0.05, 0.1) is 0 Å². The van der Waals surface area contributed by atoms with Crippen molar-refractivity contribution in [2.45, 2.75) is 45.6 Å². The van der Waals surface area contributed by atoms with Crippen molar-refractivity contribution < 1.29 is 4.74 Å². The Bertz CT molecular complexity index is 564. The second kappa shape index (κ2) is 6.53. The van der Waals surface area contributed by atoms with Crippen LogP contribution in [0.4, 0.5) is 0 Å². The van der Waals surface area contributed by atoms with E-state index in [0.717, 1.165) is 17.2 Å². The van der Waals surface area contributed by atoms with Crippen molar-refractivity contribution in [2.75, 3.05) is 0 Å². The summed E-state index contributed by atoms with van der Waals surface area (Å²) in [7, 11) is 0. The molecule has 0 aliphatic carbocycles. The predicted octanol–water partition coefficient (Wildman–Crippen LogP) is 5.86. The van der Waals surface area contributed by atoms with Gasteiger partial charge in [-0.15, -0.1) is 0 Å². The summed E-state index contributed by atoms with van der Waals surface area (Å²) in [6, 6.07) is 16.5. The molecule has 21 heavy (non-hydrogen) atoms. The molecular formula is C19H23ClO. The highest BCUT2D eigenvalue weighted by Crippen LogP contribution is 2.24. The van der Waals surface area contributed by atoms with E-state index < -0.39 is 0 Å². The van der Waals surface area contributed by atoms with Crippen molar-refractivity contribution in [1.29, 1.82) is 0 Å². The summed E-state index contributed by atoms with van der Waals surface area (Å²) in [6.45, 7) is 8.42. The topological polar surface area (TPSA) is 9.23 Å². The van der Waals surface area contributed by atoms with Gasteiger partial charge in [-0.1, -0.05) is 42.8 Å². The standard InChI is InChI=1S/C19H23ClO/c1-14(16-7-9-17(20)10-8-16)13-15-5-11-18(12-6-15)21-19(2,3)4/h5-12,14H,13H2,1-4H3. The normalized spacial score (nSPS) is 13.0. The fourth-order valence-electron chi connectivity index (χ4n) is 2.31. The molecule has 0 aliphatic rings. The minimum absolute atomic E-state index is 0.155. The molecular weight excluding hydrogens is 280 g/mol. The number of benzene rings is 2. The fraction of sp³-hybridized carbons (Fsp3) is 0.368. The van der Waals surface area contributed by atoms with Crippen LogP contribution in [0.3, 0.4) is 0 Å². The van der Waals surface area contributed by atoms with Gasteiger partial charge in [-0.3, -0.25) is 0 Å². The second-order valence-electron chi connectivity index (χ2n) is 6.52. The maximum absolute atomic E-state index is 5.93. The molecule has 0 radical (unpaired) electrons. The predicted molar refractivity (Wildman–Crippen MR) is 90.4 cm³/mol. The first-order valence-electron chi connectivity index (χ1n) is 7.37. The molecule has 1 unspecified atom stereocenters. The summed E-state index contributed by atoms with van der Waals surface area (Å²) < 4.78 is 5.84. The van der Waals surface area contributed by atoms with Crippen LogP contribution in [0.2, 0.25) is 5.02 Å². The van der Waals surface area contributed by atoms with Gasteiger partial charge in [-0.2, -0.15) is 0 Å². The molecule has 0 saturated heterocycles. The van der Waals surface area contributed by atoms with Gasteiger partial charge in [0.2, 0.25) is 0 Å². The van der Waals surface area contributed by atoms with Crippen LogP contribution in [0.1, 0.15) is 44.7 Å². The quantitative estimate of drug-likeness (QED) is 0.687. The Balaban J connectivity index is 2.01. The van der Waals surface area contributed by atoms with Gasteiger partial charge in [0.25, 0.3) is 0 Å². The Hall–Kier alpha value is -1.47. The number of hydrogen-bond donors (Lipinski definition) is 0. The van der Waals surface area contributed by atoms with Crippen molar-refractivity contribution >= 4 is 11.6 Å². The maximum atomic E-state index is 5.93. The van der Waals surface area contributed by atoms with Crippen LogP contribution in [0, 0.1) is 0 Å². The van der Waals surface area contributed by atoms with Crippen molar-refractivity contribution in [3.05, 3.63) is 64.7 Å². The second-order valence-corrected chi connectivity index (χ2v) is 6.95. The minimum atomic E-state index is -0.155. The van der Waals surface area contributed by atoms with E-state index in [4.69, 9.17) is 16.3 Å². The van der Waals surface area contributed by atoms with Gasteiger partial charge in [-0.25, -0.2) is 0 Å². The molecule has 0 saturated carbocycles.